The van der Waals surface area contributed by atoms with Gasteiger partial charge in [-0.2, -0.15) is 4.98 Å². The van der Waals surface area contributed by atoms with Gasteiger partial charge in [-0.3, -0.25) is 14.7 Å². The Bertz CT molecular complexity index is 1140. The highest BCUT2D eigenvalue weighted by Gasteiger charge is 2.30. The lowest BCUT2D eigenvalue weighted by atomic mass is 10.1. The highest BCUT2D eigenvalue weighted by Crippen LogP contribution is 2.26. The number of fused-ring (bicyclic) bond motifs is 8. The van der Waals surface area contributed by atoms with Gasteiger partial charge in [0.1, 0.15) is 6.33 Å². The predicted octanol–water partition coefficient (Wildman–Crippen LogP) is 3.36. The molecule has 1 amide bonds. The molecule has 1 atom stereocenters. The van der Waals surface area contributed by atoms with Crippen molar-refractivity contribution in [2.45, 2.75) is 38.3 Å². The van der Waals surface area contributed by atoms with Gasteiger partial charge < -0.3 is 10.6 Å². The van der Waals surface area contributed by atoms with E-state index in [1.807, 2.05) is 30.3 Å². The normalized spacial score (nSPS) is 19.3. The van der Waals surface area contributed by atoms with E-state index in [0.717, 1.165) is 54.7 Å². The van der Waals surface area contributed by atoms with Crippen molar-refractivity contribution in [3.63, 3.8) is 0 Å². The Morgan fingerprint density at radius 1 is 1.09 bits per heavy atom. The Labute approximate surface area is 191 Å². The first-order valence-corrected chi connectivity index (χ1v) is 11.2. The maximum atomic E-state index is 12.8. The van der Waals surface area contributed by atoms with Gasteiger partial charge in [-0.1, -0.05) is 11.6 Å². The highest BCUT2D eigenvalue weighted by molar-refractivity contribution is 6.31. The molecular weight excluding hydrogens is 426 g/mol. The van der Waals surface area contributed by atoms with Gasteiger partial charge in [0.15, 0.2) is 5.82 Å². The van der Waals surface area contributed by atoms with E-state index < -0.39 is 0 Å². The third-order valence-electron chi connectivity index (χ3n) is 5.82. The molecule has 6 bridgehead atoms. The summed E-state index contributed by atoms with van der Waals surface area (Å²) in [6.07, 6.45) is 6.72. The number of aryl methyl sites for hydroxylation is 1. The molecule has 0 unspecified atom stereocenters. The molecule has 0 aliphatic carbocycles. The SMILES string of the molecule is O=C1NCCCc2cc(ccn2)-c2ncnc(n2)Nc2cc(Cl)cc(c2)CN2CCC[C@H]12. The van der Waals surface area contributed by atoms with Gasteiger partial charge >= 0.3 is 0 Å². The Kier molecular flexibility index (Phi) is 5.96. The van der Waals surface area contributed by atoms with Crippen LogP contribution in [0, 0.1) is 0 Å². The molecule has 8 nitrogen and oxygen atoms in total. The van der Waals surface area contributed by atoms with Gasteiger partial charge in [-0.15, -0.1) is 0 Å². The first-order valence-electron chi connectivity index (χ1n) is 10.9. The largest absolute Gasteiger partial charge is 0.355 e. The van der Waals surface area contributed by atoms with E-state index in [1.165, 1.54) is 6.33 Å². The molecule has 0 spiro atoms. The van der Waals surface area contributed by atoms with Crippen molar-refractivity contribution >= 4 is 29.1 Å². The number of carbonyl (C=O) groups excluding carboxylic acids is 1. The molecule has 0 saturated carbocycles. The number of nitrogens with zero attached hydrogens (tertiary/aromatic N) is 5. The number of anilines is 2. The molecule has 0 radical (unpaired) electrons. The van der Waals surface area contributed by atoms with Crippen LogP contribution in [0.15, 0.2) is 42.9 Å². The minimum Gasteiger partial charge on any atom is -0.355 e. The number of nitrogens with one attached hydrogen (secondary N) is 2. The van der Waals surface area contributed by atoms with Crippen LogP contribution in [0.3, 0.4) is 0 Å². The van der Waals surface area contributed by atoms with Crippen molar-refractivity contribution in [2.75, 3.05) is 18.4 Å². The zero-order chi connectivity index (χ0) is 21.9. The second kappa shape index (κ2) is 9.18. The van der Waals surface area contributed by atoms with Crippen molar-refractivity contribution < 1.29 is 4.79 Å². The zero-order valence-corrected chi connectivity index (χ0v) is 18.3. The first-order chi connectivity index (χ1) is 15.6. The van der Waals surface area contributed by atoms with Crippen molar-refractivity contribution in [3.05, 3.63) is 59.1 Å². The molecule has 2 aromatic heterocycles. The summed E-state index contributed by atoms with van der Waals surface area (Å²) in [6.45, 7) is 2.17. The number of pyridine rings is 1. The summed E-state index contributed by atoms with van der Waals surface area (Å²) in [7, 11) is 0. The summed E-state index contributed by atoms with van der Waals surface area (Å²) in [5, 5.41) is 6.97. The standard InChI is InChI=1S/C23H24ClN7O/c24-17-9-15-10-19(12-17)29-23-28-14-27-21(30-23)16-5-7-25-18(11-16)3-1-6-26-22(32)20-4-2-8-31(20)13-15/h5,7,9-12,14,20H,1-4,6,8,13H2,(H,26,32)(H,27,28,29,30)/t20-/m1/s1. The summed E-state index contributed by atoms with van der Waals surface area (Å²) in [6, 6.07) is 9.56. The molecular formula is C23H24ClN7O. The predicted molar refractivity (Wildman–Crippen MR) is 123 cm³/mol. The van der Waals surface area contributed by atoms with Gasteiger partial charge in [0.25, 0.3) is 0 Å². The number of amides is 1. The molecule has 2 aliphatic heterocycles. The van der Waals surface area contributed by atoms with Crippen LogP contribution in [0.2, 0.25) is 5.02 Å². The topological polar surface area (TPSA) is 95.9 Å². The number of benzene rings is 1. The van der Waals surface area contributed by atoms with Crippen LogP contribution in [0.5, 0.6) is 0 Å². The number of rotatable bonds is 0. The van der Waals surface area contributed by atoms with Crippen molar-refractivity contribution in [1.29, 1.82) is 0 Å². The number of hydrogen-bond donors (Lipinski definition) is 2. The average molecular weight is 450 g/mol. The fourth-order valence-electron chi connectivity index (χ4n) is 4.34. The van der Waals surface area contributed by atoms with Crippen LogP contribution in [0.4, 0.5) is 11.6 Å². The lowest BCUT2D eigenvalue weighted by Crippen LogP contribution is -2.43. The van der Waals surface area contributed by atoms with Crippen LogP contribution in [-0.4, -0.2) is 49.9 Å². The first kappa shape index (κ1) is 20.8. The third kappa shape index (κ3) is 4.71. The van der Waals surface area contributed by atoms with E-state index in [4.69, 9.17) is 11.6 Å². The molecule has 1 fully saturated rings. The molecule has 32 heavy (non-hydrogen) atoms. The molecule has 3 aromatic rings. The van der Waals surface area contributed by atoms with Crippen LogP contribution >= 0.6 is 11.6 Å². The minimum atomic E-state index is -0.114. The molecule has 2 N–H and O–H groups in total. The molecule has 5 rings (SSSR count). The number of aromatic nitrogens is 4. The number of hydrogen-bond acceptors (Lipinski definition) is 7. The van der Waals surface area contributed by atoms with Gasteiger partial charge in [-0.05, 0) is 68.1 Å². The van der Waals surface area contributed by atoms with Gasteiger partial charge in [0.2, 0.25) is 11.9 Å². The average Bonchev–Trinajstić information content (AvgIpc) is 3.24. The van der Waals surface area contributed by atoms with Gasteiger partial charge in [0.05, 0.1) is 6.04 Å². The summed E-state index contributed by atoms with van der Waals surface area (Å²) in [5.41, 5.74) is 3.64. The summed E-state index contributed by atoms with van der Waals surface area (Å²) < 4.78 is 0. The van der Waals surface area contributed by atoms with Crippen LogP contribution < -0.4 is 10.6 Å². The Balaban J connectivity index is 1.51. The van der Waals surface area contributed by atoms with E-state index >= 15 is 0 Å². The molecule has 1 saturated heterocycles. The smallest absolute Gasteiger partial charge is 0.237 e. The second-order valence-electron chi connectivity index (χ2n) is 8.16. The molecule has 4 heterocycles. The highest BCUT2D eigenvalue weighted by atomic mass is 35.5. The lowest BCUT2D eigenvalue weighted by molar-refractivity contribution is -0.125. The summed E-state index contributed by atoms with van der Waals surface area (Å²) >= 11 is 6.40. The molecule has 1 aromatic carbocycles. The van der Waals surface area contributed by atoms with E-state index in [2.05, 4.69) is 35.5 Å². The van der Waals surface area contributed by atoms with Crippen LogP contribution in [0.1, 0.15) is 30.5 Å². The third-order valence-corrected chi connectivity index (χ3v) is 6.04. The van der Waals surface area contributed by atoms with Crippen molar-refractivity contribution in [3.8, 4) is 11.4 Å². The maximum absolute atomic E-state index is 12.8. The van der Waals surface area contributed by atoms with E-state index in [1.54, 1.807) is 6.20 Å². The van der Waals surface area contributed by atoms with Gasteiger partial charge in [0, 0.05) is 41.3 Å². The Morgan fingerprint density at radius 3 is 2.97 bits per heavy atom. The van der Waals surface area contributed by atoms with Crippen LogP contribution in [0.25, 0.3) is 11.4 Å². The Morgan fingerprint density at radius 2 is 2.03 bits per heavy atom. The van der Waals surface area contributed by atoms with E-state index in [9.17, 15) is 4.79 Å². The number of carbonyl (C=O) groups is 1. The minimum absolute atomic E-state index is 0.0956. The summed E-state index contributed by atoms with van der Waals surface area (Å²) in [4.78, 5) is 32.7. The van der Waals surface area contributed by atoms with Gasteiger partial charge in [-0.25, -0.2) is 9.97 Å². The van der Waals surface area contributed by atoms with Crippen molar-refractivity contribution in [2.24, 2.45) is 0 Å². The van der Waals surface area contributed by atoms with E-state index in [0.29, 0.717) is 29.9 Å². The lowest BCUT2D eigenvalue weighted by Gasteiger charge is -2.24. The van der Waals surface area contributed by atoms with Crippen LogP contribution in [-0.2, 0) is 17.8 Å². The summed E-state index contributed by atoms with van der Waals surface area (Å²) in [5.74, 6) is 1.11. The molecule has 9 heteroatoms. The quantitative estimate of drug-likeness (QED) is 0.543. The molecule has 2 aliphatic rings. The maximum Gasteiger partial charge on any atom is 0.237 e. The van der Waals surface area contributed by atoms with E-state index in [-0.39, 0.29) is 11.9 Å². The second-order valence-corrected chi connectivity index (χ2v) is 8.60. The monoisotopic (exact) mass is 449 g/mol. The number of halogens is 1. The van der Waals surface area contributed by atoms with Crippen molar-refractivity contribution in [1.82, 2.24) is 30.2 Å². The zero-order valence-electron chi connectivity index (χ0n) is 17.6. The Hall–Kier alpha value is -3.10. The molecule has 164 valence electrons. The fourth-order valence-corrected chi connectivity index (χ4v) is 4.60. The fraction of sp³-hybridized carbons (Fsp3) is 0.348.